The number of rotatable bonds is 5. The Bertz CT molecular complexity index is 464. The zero-order valence-electron chi connectivity index (χ0n) is 9.73. The van der Waals surface area contributed by atoms with Crippen molar-refractivity contribution in [3.8, 4) is 0 Å². The van der Waals surface area contributed by atoms with Gasteiger partial charge in [0.2, 0.25) is 0 Å². The SMILES string of the molecule is CCn1cnnc1CNCc1ccc(I)cc1. The Balaban J connectivity index is 1.85. The molecule has 0 atom stereocenters. The van der Waals surface area contributed by atoms with Gasteiger partial charge < -0.3 is 9.88 Å². The number of aryl methyl sites for hydroxylation is 1. The Kier molecular flexibility index (Phi) is 4.49. The summed E-state index contributed by atoms with van der Waals surface area (Å²) in [5, 5.41) is 11.4. The van der Waals surface area contributed by atoms with Crippen LogP contribution < -0.4 is 5.32 Å². The van der Waals surface area contributed by atoms with Crippen molar-refractivity contribution < 1.29 is 0 Å². The summed E-state index contributed by atoms with van der Waals surface area (Å²) in [6, 6.07) is 8.51. The van der Waals surface area contributed by atoms with Gasteiger partial charge in [0.25, 0.3) is 0 Å². The summed E-state index contributed by atoms with van der Waals surface area (Å²) < 4.78 is 3.30. The van der Waals surface area contributed by atoms with E-state index in [1.807, 2.05) is 4.57 Å². The van der Waals surface area contributed by atoms with E-state index in [0.29, 0.717) is 0 Å². The molecule has 0 radical (unpaired) electrons. The molecule has 4 nitrogen and oxygen atoms in total. The van der Waals surface area contributed by atoms with E-state index in [-0.39, 0.29) is 0 Å². The second-order valence-electron chi connectivity index (χ2n) is 3.76. The molecule has 0 aliphatic rings. The average molecular weight is 342 g/mol. The lowest BCUT2D eigenvalue weighted by molar-refractivity contribution is 0.612. The first kappa shape index (κ1) is 12.5. The highest BCUT2D eigenvalue weighted by molar-refractivity contribution is 14.1. The van der Waals surface area contributed by atoms with Crippen molar-refractivity contribution in [2.24, 2.45) is 0 Å². The van der Waals surface area contributed by atoms with Crippen LogP contribution in [0, 0.1) is 3.57 Å². The van der Waals surface area contributed by atoms with E-state index in [1.165, 1.54) is 9.13 Å². The topological polar surface area (TPSA) is 42.7 Å². The molecule has 0 spiro atoms. The van der Waals surface area contributed by atoms with Gasteiger partial charge in [0.15, 0.2) is 0 Å². The van der Waals surface area contributed by atoms with E-state index >= 15 is 0 Å². The van der Waals surface area contributed by atoms with Gasteiger partial charge in [-0.05, 0) is 47.2 Å². The van der Waals surface area contributed by atoms with Gasteiger partial charge in [-0.15, -0.1) is 10.2 Å². The Morgan fingerprint density at radius 3 is 2.71 bits per heavy atom. The average Bonchev–Trinajstić information content (AvgIpc) is 2.79. The summed E-state index contributed by atoms with van der Waals surface area (Å²) in [5.41, 5.74) is 1.29. The molecule has 0 saturated heterocycles. The first-order valence-corrected chi connectivity index (χ1v) is 6.69. The standard InChI is InChI=1S/C12H15IN4/c1-2-17-9-15-16-12(17)8-14-7-10-3-5-11(13)6-4-10/h3-6,9,14H,2,7-8H2,1H3. The van der Waals surface area contributed by atoms with Crippen molar-refractivity contribution in [3.63, 3.8) is 0 Å². The number of halogens is 1. The third-order valence-corrected chi connectivity index (χ3v) is 3.28. The molecule has 1 aromatic carbocycles. The molecule has 1 aromatic heterocycles. The fourth-order valence-electron chi connectivity index (χ4n) is 1.60. The summed E-state index contributed by atoms with van der Waals surface area (Å²) in [6.45, 7) is 4.60. The largest absolute Gasteiger partial charge is 0.317 e. The van der Waals surface area contributed by atoms with Gasteiger partial charge in [-0.25, -0.2) is 0 Å². The van der Waals surface area contributed by atoms with Crippen LogP contribution in [0.5, 0.6) is 0 Å². The second kappa shape index (κ2) is 6.11. The van der Waals surface area contributed by atoms with Crippen LogP contribution in [0.4, 0.5) is 0 Å². The van der Waals surface area contributed by atoms with Crippen molar-refractivity contribution >= 4 is 22.6 Å². The van der Waals surface area contributed by atoms with E-state index in [9.17, 15) is 0 Å². The molecule has 0 aliphatic carbocycles. The molecule has 0 bridgehead atoms. The minimum atomic E-state index is 0.750. The van der Waals surface area contributed by atoms with Crippen LogP contribution >= 0.6 is 22.6 Å². The van der Waals surface area contributed by atoms with Crippen LogP contribution in [0.1, 0.15) is 18.3 Å². The fourth-order valence-corrected chi connectivity index (χ4v) is 1.96. The summed E-state index contributed by atoms with van der Waals surface area (Å²) in [4.78, 5) is 0. The minimum absolute atomic E-state index is 0.750. The van der Waals surface area contributed by atoms with Gasteiger partial charge in [0.1, 0.15) is 12.2 Å². The smallest absolute Gasteiger partial charge is 0.146 e. The zero-order chi connectivity index (χ0) is 12.1. The molecule has 5 heteroatoms. The number of hydrogen-bond donors (Lipinski definition) is 1. The molecule has 2 aromatic rings. The van der Waals surface area contributed by atoms with Gasteiger partial charge in [-0.1, -0.05) is 12.1 Å². The molecule has 1 heterocycles. The van der Waals surface area contributed by atoms with Crippen LogP contribution in [-0.2, 0) is 19.6 Å². The highest BCUT2D eigenvalue weighted by Gasteiger charge is 2.01. The number of nitrogens with one attached hydrogen (secondary N) is 1. The Morgan fingerprint density at radius 2 is 2.00 bits per heavy atom. The minimum Gasteiger partial charge on any atom is -0.317 e. The summed E-state index contributed by atoms with van der Waals surface area (Å²) in [7, 11) is 0. The van der Waals surface area contributed by atoms with Gasteiger partial charge in [0, 0.05) is 16.7 Å². The van der Waals surface area contributed by atoms with E-state index in [2.05, 4.69) is 69.3 Å². The molecule has 0 aliphatic heterocycles. The van der Waals surface area contributed by atoms with Crippen molar-refractivity contribution in [2.75, 3.05) is 0 Å². The Morgan fingerprint density at radius 1 is 1.24 bits per heavy atom. The van der Waals surface area contributed by atoms with Gasteiger partial charge >= 0.3 is 0 Å². The maximum Gasteiger partial charge on any atom is 0.146 e. The molecule has 1 N–H and O–H groups in total. The van der Waals surface area contributed by atoms with Gasteiger partial charge in [-0.3, -0.25) is 0 Å². The van der Waals surface area contributed by atoms with Gasteiger partial charge in [-0.2, -0.15) is 0 Å². The molecule has 0 unspecified atom stereocenters. The molecule has 2 rings (SSSR count). The summed E-state index contributed by atoms with van der Waals surface area (Å²) in [6.07, 6.45) is 1.77. The highest BCUT2D eigenvalue weighted by atomic mass is 127. The fraction of sp³-hybridized carbons (Fsp3) is 0.333. The monoisotopic (exact) mass is 342 g/mol. The number of nitrogens with zero attached hydrogens (tertiary/aromatic N) is 3. The third-order valence-electron chi connectivity index (χ3n) is 2.56. The van der Waals surface area contributed by atoms with E-state index in [0.717, 1.165) is 25.5 Å². The van der Waals surface area contributed by atoms with Crippen LogP contribution in [0.3, 0.4) is 0 Å². The van der Waals surface area contributed by atoms with E-state index in [4.69, 9.17) is 0 Å². The Labute approximate surface area is 115 Å². The lowest BCUT2D eigenvalue weighted by Crippen LogP contribution is -2.16. The van der Waals surface area contributed by atoms with Crippen LogP contribution in [0.2, 0.25) is 0 Å². The highest BCUT2D eigenvalue weighted by Crippen LogP contribution is 2.06. The van der Waals surface area contributed by atoms with Crippen LogP contribution in [-0.4, -0.2) is 14.8 Å². The van der Waals surface area contributed by atoms with Crippen molar-refractivity contribution in [1.82, 2.24) is 20.1 Å². The number of hydrogen-bond acceptors (Lipinski definition) is 3. The number of benzene rings is 1. The first-order valence-electron chi connectivity index (χ1n) is 5.61. The van der Waals surface area contributed by atoms with Crippen LogP contribution in [0.25, 0.3) is 0 Å². The quantitative estimate of drug-likeness (QED) is 0.847. The van der Waals surface area contributed by atoms with Gasteiger partial charge in [0.05, 0.1) is 6.54 Å². The van der Waals surface area contributed by atoms with E-state index in [1.54, 1.807) is 6.33 Å². The normalized spacial score (nSPS) is 10.7. The molecular formula is C12H15IN4. The maximum atomic E-state index is 4.08. The first-order chi connectivity index (χ1) is 8.29. The Hall–Kier alpha value is -0.950. The van der Waals surface area contributed by atoms with Crippen molar-refractivity contribution in [3.05, 3.63) is 45.6 Å². The predicted molar refractivity (Wildman–Crippen MR) is 75.4 cm³/mol. The second-order valence-corrected chi connectivity index (χ2v) is 5.01. The third kappa shape index (κ3) is 3.50. The maximum absolute atomic E-state index is 4.08. The van der Waals surface area contributed by atoms with Crippen LogP contribution in [0.15, 0.2) is 30.6 Å². The molecular weight excluding hydrogens is 327 g/mol. The lowest BCUT2D eigenvalue weighted by atomic mass is 10.2. The summed E-state index contributed by atoms with van der Waals surface area (Å²) >= 11 is 2.31. The molecule has 0 fully saturated rings. The molecule has 90 valence electrons. The predicted octanol–water partition coefficient (Wildman–Crippen LogP) is 2.19. The molecule has 17 heavy (non-hydrogen) atoms. The number of aromatic nitrogens is 3. The van der Waals surface area contributed by atoms with Crippen molar-refractivity contribution in [2.45, 2.75) is 26.6 Å². The van der Waals surface area contributed by atoms with E-state index < -0.39 is 0 Å². The molecule has 0 amide bonds. The zero-order valence-corrected chi connectivity index (χ0v) is 11.9. The molecule has 0 saturated carbocycles. The lowest BCUT2D eigenvalue weighted by Gasteiger charge is -2.05. The summed E-state index contributed by atoms with van der Waals surface area (Å²) in [5.74, 6) is 0.984. The van der Waals surface area contributed by atoms with Crippen molar-refractivity contribution in [1.29, 1.82) is 0 Å².